The summed E-state index contributed by atoms with van der Waals surface area (Å²) in [7, 11) is 0. The van der Waals surface area contributed by atoms with Crippen molar-refractivity contribution in [3.8, 4) is 0 Å². The molecule has 2 aromatic rings. The molecule has 0 saturated heterocycles. The molecule has 2 aliphatic carbocycles. The third-order valence-electron chi connectivity index (χ3n) is 4.98. The number of aryl methyl sites for hydroxylation is 1. The Hall–Kier alpha value is -0.860. The Labute approximate surface area is 125 Å². The minimum Gasteiger partial charge on any atom is -0.306 e. The first kappa shape index (κ1) is 12.8. The lowest BCUT2D eigenvalue weighted by Crippen LogP contribution is -2.35. The molecule has 0 aliphatic heterocycles. The van der Waals surface area contributed by atoms with E-state index in [0.29, 0.717) is 6.04 Å². The zero-order valence-electron chi connectivity index (χ0n) is 12.4. The van der Waals surface area contributed by atoms with Crippen LogP contribution in [0.1, 0.15) is 49.1 Å². The Morgan fingerprint density at radius 1 is 1.10 bits per heavy atom. The lowest BCUT2D eigenvalue weighted by Gasteiger charge is -2.23. The predicted molar refractivity (Wildman–Crippen MR) is 87.3 cm³/mol. The van der Waals surface area contributed by atoms with E-state index in [1.165, 1.54) is 46.2 Å². The van der Waals surface area contributed by atoms with E-state index in [-0.39, 0.29) is 0 Å². The van der Waals surface area contributed by atoms with E-state index in [0.717, 1.165) is 17.9 Å². The number of rotatable bonds is 5. The van der Waals surface area contributed by atoms with Crippen molar-refractivity contribution < 1.29 is 0 Å². The van der Waals surface area contributed by atoms with Gasteiger partial charge in [0, 0.05) is 21.7 Å². The molecule has 1 aromatic heterocycles. The molecule has 106 valence electrons. The Bertz CT molecular complexity index is 609. The molecule has 1 nitrogen and oxygen atoms in total. The van der Waals surface area contributed by atoms with Crippen LogP contribution in [0.3, 0.4) is 0 Å². The van der Waals surface area contributed by atoms with Gasteiger partial charge in [-0.1, -0.05) is 18.2 Å². The Morgan fingerprint density at radius 3 is 2.35 bits per heavy atom. The fraction of sp³-hybridized carbons (Fsp3) is 0.556. The number of hydrogen-bond acceptors (Lipinski definition) is 2. The molecule has 0 radical (unpaired) electrons. The highest BCUT2D eigenvalue weighted by atomic mass is 32.1. The standard InChI is InChI=1S/C18H23NS/c1-11-15-5-3-4-6-16(15)20-18(11)12(2)19-17(13-7-8-13)14-9-10-14/h3-6,12-14,17,19H,7-10H2,1-2H3. The van der Waals surface area contributed by atoms with Crippen LogP contribution in [-0.2, 0) is 0 Å². The van der Waals surface area contributed by atoms with Crippen LogP contribution in [0.4, 0.5) is 0 Å². The SMILES string of the molecule is Cc1c(C(C)NC(C2CC2)C2CC2)sc2ccccc12. The molecule has 1 unspecified atom stereocenters. The normalized spacial score (nSPS) is 20.8. The minimum absolute atomic E-state index is 0.499. The Balaban J connectivity index is 1.59. The summed E-state index contributed by atoms with van der Waals surface area (Å²) in [6, 6.07) is 10.1. The molecule has 0 spiro atoms. The number of nitrogens with one attached hydrogen (secondary N) is 1. The van der Waals surface area contributed by atoms with Crippen LogP contribution in [0.5, 0.6) is 0 Å². The van der Waals surface area contributed by atoms with Crippen molar-refractivity contribution in [3.05, 3.63) is 34.7 Å². The van der Waals surface area contributed by atoms with Crippen molar-refractivity contribution in [1.29, 1.82) is 0 Å². The van der Waals surface area contributed by atoms with Gasteiger partial charge in [-0.25, -0.2) is 0 Å². The zero-order chi connectivity index (χ0) is 13.7. The molecular weight excluding hydrogens is 262 g/mol. The summed E-state index contributed by atoms with van der Waals surface area (Å²) in [5.74, 6) is 1.94. The van der Waals surface area contributed by atoms with Gasteiger partial charge in [0.15, 0.2) is 0 Å². The molecular formula is C18H23NS. The van der Waals surface area contributed by atoms with Crippen LogP contribution in [0.15, 0.2) is 24.3 Å². The highest BCUT2D eigenvalue weighted by Gasteiger charge is 2.42. The maximum absolute atomic E-state index is 3.97. The summed E-state index contributed by atoms with van der Waals surface area (Å²) in [5.41, 5.74) is 1.48. The van der Waals surface area contributed by atoms with Gasteiger partial charge in [-0.2, -0.15) is 0 Å². The molecule has 1 aromatic carbocycles. The summed E-state index contributed by atoms with van der Waals surface area (Å²) < 4.78 is 1.43. The third kappa shape index (κ3) is 2.29. The van der Waals surface area contributed by atoms with Gasteiger partial charge in [0.1, 0.15) is 0 Å². The van der Waals surface area contributed by atoms with Crippen LogP contribution in [0, 0.1) is 18.8 Å². The van der Waals surface area contributed by atoms with Crippen LogP contribution in [-0.4, -0.2) is 6.04 Å². The smallest absolute Gasteiger partial charge is 0.0391 e. The summed E-state index contributed by atoms with van der Waals surface area (Å²) in [6.45, 7) is 4.64. The van der Waals surface area contributed by atoms with Crippen LogP contribution < -0.4 is 5.32 Å². The van der Waals surface area contributed by atoms with Crippen molar-refractivity contribution in [2.24, 2.45) is 11.8 Å². The van der Waals surface area contributed by atoms with Crippen LogP contribution >= 0.6 is 11.3 Å². The molecule has 0 bridgehead atoms. The number of hydrogen-bond donors (Lipinski definition) is 1. The topological polar surface area (TPSA) is 12.0 Å². The maximum atomic E-state index is 3.97. The van der Waals surface area contributed by atoms with Gasteiger partial charge in [0.25, 0.3) is 0 Å². The summed E-state index contributed by atoms with van der Waals surface area (Å²) in [4.78, 5) is 1.54. The lowest BCUT2D eigenvalue weighted by molar-refractivity contribution is 0.379. The van der Waals surface area contributed by atoms with E-state index in [4.69, 9.17) is 0 Å². The summed E-state index contributed by atoms with van der Waals surface area (Å²) in [5, 5.41) is 5.41. The molecule has 20 heavy (non-hydrogen) atoms. The van der Waals surface area contributed by atoms with E-state index >= 15 is 0 Å². The fourth-order valence-corrected chi connectivity index (χ4v) is 4.76. The van der Waals surface area contributed by atoms with Gasteiger partial charge < -0.3 is 5.32 Å². The van der Waals surface area contributed by atoms with Crippen molar-refractivity contribution in [2.75, 3.05) is 0 Å². The second kappa shape index (κ2) is 4.85. The first-order valence-corrected chi connectivity index (χ1v) is 8.80. The highest BCUT2D eigenvalue weighted by Crippen LogP contribution is 2.46. The summed E-state index contributed by atoms with van der Waals surface area (Å²) >= 11 is 1.98. The first-order valence-electron chi connectivity index (χ1n) is 7.98. The van der Waals surface area contributed by atoms with Gasteiger partial charge >= 0.3 is 0 Å². The molecule has 1 heterocycles. The molecule has 1 atom stereocenters. The maximum Gasteiger partial charge on any atom is 0.0391 e. The monoisotopic (exact) mass is 285 g/mol. The molecule has 0 amide bonds. The molecule has 2 saturated carbocycles. The Morgan fingerprint density at radius 2 is 1.75 bits per heavy atom. The molecule has 2 fully saturated rings. The summed E-state index contributed by atoms with van der Waals surface area (Å²) in [6.07, 6.45) is 5.80. The van der Waals surface area contributed by atoms with Crippen molar-refractivity contribution >= 4 is 21.4 Å². The van der Waals surface area contributed by atoms with Crippen LogP contribution in [0.25, 0.3) is 10.1 Å². The Kier molecular flexibility index (Phi) is 3.12. The number of benzene rings is 1. The zero-order valence-corrected chi connectivity index (χ0v) is 13.2. The van der Waals surface area contributed by atoms with E-state index in [9.17, 15) is 0 Å². The predicted octanol–water partition coefficient (Wildman–Crippen LogP) is 5.05. The average molecular weight is 285 g/mol. The second-order valence-electron chi connectivity index (χ2n) is 6.68. The van der Waals surface area contributed by atoms with Gasteiger partial charge in [-0.3, -0.25) is 0 Å². The average Bonchev–Trinajstić information content (AvgIpc) is 3.35. The molecule has 2 heteroatoms. The van der Waals surface area contributed by atoms with E-state index in [2.05, 4.69) is 43.4 Å². The second-order valence-corrected chi connectivity index (χ2v) is 7.76. The minimum atomic E-state index is 0.499. The van der Waals surface area contributed by atoms with E-state index in [1.807, 2.05) is 11.3 Å². The quantitative estimate of drug-likeness (QED) is 0.810. The van der Waals surface area contributed by atoms with E-state index < -0.39 is 0 Å². The van der Waals surface area contributed by atoms with Gasteiger partial charge in [0.05, 0.1) is 0 Å². The lowest BCUT2D eigenvalue weighted by atomic mass is 10.0. The third-order valence-corrected chi connectivity index (χ3v) is 6.43. The van der Waals surface area contributed by atoms with Crippen molar-refractivity contribution in [1.82, 2.24) is 5.32 Å². The van der Waals surface area contributed by atoms with Crippen molar-refractivity contribution in [3.63, 3.8) is 0 Å². The number of thiophene rings is 1. The number of fused-ring (bicyclic) bond motifs is 1. The van der Waals surface area contributed by atoms with Crippen molar-refractivity contribution in [2.45, 2.75) is 51.6 Å². The van der Waals surface area contributed by atoms with Gasteiger partial charge in [-0.05, 0) is 68.4 Å². The fourth-order valence-electron chi connectivity index (χ4n) is 3.54. The van der Waals surface area contributed by atoms with Gasteiger partial charge in [0.2, 0.25) is 0 Å². The van der Waals surface area contributed by atoms with E-state index in [1.54, 1.807) is 0 Å². The van der Waals surface area contributed by atoms with Gasteiger partial charge in [-0.15, -0.1) is 11.3 Å². The molecule has 2 aliphatic rings. The molecule has 4 rings (SSSR count). The first-order chi connectivity index (χ1) is 9.74. The highest BCUT2D eigenvalue weighted by molar-refractivity contribution is 7.19. The molecule has 1 N–H and O–H groups in total. The largest absolute Gasteiger partial charge is 0.306 e. The van der Waals surface area contributed by atoms with Crippen LogP contribution in [0.2, 0.25) is 0 Å².